The van der Waals surface area contributed by atoms with Gasteiger partial charge < -0.3 is 10.2 Å². The lowest BCUT2D eigenvalue weighted by molar-refractivity contribution is -0.140. The van der Waals surface area contributed by atoms with Gasteiger partial charge in [-0.25, -0.2) is 4.39 Å². The van der Waals surface area contributed by atoms with Crippen LogP contribution in [0.1, 0.15) is 30.0 Å². The maximum Gasteiger partial charge on any atom is 0.243 e. The summed E-state index contributed by atoms with van der Waals surface area (Å²) < 4.78 is 14.5. The van der Waals surface area contributed by atoms with Crippen LogP contribution < -0.4 is 5.32 Å². The maximum absolute atomic E-state index is 14.5. The van der Waals surface area contributed by atoms with Gasteiger partial charge in [0.15, 0.2) is 0 Å². The van der Waals surface area contributed by atoms with Crippen LogP contribution in [0, 0.1) is 5.82 Å². The minimum atomic E-state index is -0.779. The van der Waals surface area contributed by atoms with Gasteiger partial charge in [0, 0.05) is 30.1 Å². The van der Waals surface area contributed by atoms with Crippen LogP contribution in [0.15, 0.2) is 78.9 Å². The Kier molecular flexibility index (Phi) is 9.02. The third-order valence-corrected chi connectivity index (χ3v) is 5.64. The highest BCUT2D eigenvalue weighted by molar-refractivity contribution is 6.30. The first-order valence-electron chi connectivity index (χ1n) is 11.1. The normalized spacial score (nSPS) is 11.6. The fraction of sp³-hybridized carbons (Fsp3) is 0.259. The van der Waals surface area contributed by atoms with Crippen molar-refractivity contribution < 1.29 is 14.0 Å². The Bertz CT molecular complexity index is 1060. The van der Waals surface area contributed by atoms with E-state index < -0.39 is 11.9 Å². The van der Waals surface area contributed by atoms with Gasteiger partial charge in [0.05, 0.1) is 6.42 Å². The highest BCUT2D eigenvalue weighted by Crippen LogP contribution is 2.19. The van der Waals surface area contributed by atoms with Gasteiger partial charge in [0.1, 0.15) is 11.9 Å². The number of benzene rings is 3. The third-order valence-electron chi connectivity index (χ3n) is 5.39. The number of nitrogens with one attached hydrogen (secondary N) is 1. The second-order valence-corrected chi connectivity index (χ2v) is 8.35. The number of hydrogen-bond donors (Lipinski definition) is 1. The predicted molar refractivity (Wildman–Crippen MR) is 129 cm³/mol. The molecule has 0 aromatic heterocycles. The Balaban J connectivity index is 1.95. The van der Waals surface area contributed by atoms with Crippen molar-refractivity contribution in [1.82, 2.24) is 10.2 Å². The summed E-state index contributed by atoms with van der Waals surface area (Å²) in [6, 6.07) is 22.1. The zero-order valence-electron chi connectivity index (χ0n) is 18.6. The maximum atomic E-state index is 14.5. The average Bonchev–Trinajstić information content (AvgIpc) is 2.83. The predicted octanol–water partition coefficient (Wildman–Crippen LogP) is 5.19. The molecule has 0 saturated heterocycles. The van der Waals surface area contributed by atoms with Gasteiger partial charge in [-0.15, -0.1) is 0 Å². The molecule has 0 fully saturated rings. The summed E-state index contributed by atoms with van der Waals surface area (Å²) in [5.41, 5.74) is 2.06. The quantitative estimate of drug-likeness (QED) is 0.447. The molecule has 0 spiro atoms. The number of rotatable bonds is 10. The van der Waals surface area contributed by atoms with Crippen LogP contribution in [0.25, 0.3) is 0 Å². The first-order valence-corrected chi connectivity index (χ1v) is 11.4. The minimum Gasteiger partial charge on any atom is -0.354 e. The zero-order valence-corrected chi connectivity index (χ0v) is 19.4. The summed E-state index contributed by atoms with van der Waals surface area (Å²) >= 11 is 5.98. The number of halogens is 2. The van der Waals surface area contributed by atoms with Crippen LogP contribution in [-0.2, 0) is 29.0 Å². The Morgan fingerprint density at radius 2 is 1.61 bits per heavy atom. The third kappa shape index (κ3) is 7.16. The van der Waals surface area contributed by atoms with Gasteiger partial charge in [-0.2, -0.15) is 0 Å². The van der Waals surface area contributed by atoms with E-state index in [1.54, 1.807) is 42.5 Å². The molecule has 0 radical (unpaired) electrons. The molecule has 4 nitrogen and oxygen atoms in total. The van der Waals surface area contributed by atoms with Gasteiger partial charge in [0.25, 0.3) is 0 Å². The van der Waals surface area contributed by atoms with E-state index in [2.05, 4.69) is 5.32 Å². The van der Waals surface area contributed by atoms with Crippen molar-refractivity contribution in [3.8, 4) is 0 Å². The SMILES string of the molecule is CCCNC(=O)[C@@H](Cc1ccccc1)N(Cc1ccccc1F)C(=O)Cc1ccc(Cl)cc1. The Hall–Kier alpha value is -3.18. The summed E-state index contributed by atoms with van der Waals surface area (Å²) in [4.78, 5) is 28.2. The van der Waals surface area contributed by atoms with Gasteiger partial charge >= 0.3 is 0 Å². The standard InChI is InChI=1S/C27H28ClFN2O2/c1-2-16-30-27(33)25(17-20-8-4-3-5-9-20)31(19-22-10-6-7-11-24(22)29)26(32)18-21-12-14-23(28)15-13-21/h3-15,25H,2,16-19H2,1H3,(H,30,33)/t25-/m1/s1. The molecule has 0 aliphatic rings. The highest BCUT2D eigenvalue weighted by atomic mass is 35.5. The highest BCUT2D eigenvalue weighted by Gasteiger charge is 2.30. The van der Waals surface area contributed by atoms with E-state index in [0.717, 1.165) is 17.5 Å². The molecular formula is C27H28ClFN2O2. The smallest absolute Gasteiger partial charge is 0.243 e. The Labute approximate surface area is 199 Å². The number of nitrogens with zero attached hydrogens (tertiary/aromatic N) is 1. The molecule has 0 aliphatic carbocycles. The fourth-order valence-corrected chi connectivity index (χ4v) is 3.73. The van der Waals surface area contributed by atoms with Crippen LogP contribution in [0.2, 0.25) is 5.02 Å². The molecular weight excluding hydrogens is 439 g/mol. The fourth-order valence-electron chi connectivity index (χ4n) is 3.61. The summed E-state index contributed by atoms with van der Waals surface area (Å²) in [6.45, 7) is 2.47. The largest absolute Gasteiger partial charge is 0.354 e. The van der Waals surface area contributed by atoms with Crippen molar-refractivity contribution >= 4 is 23.4 Å². The van der Waals surface area contributed by atoms with Crippen molar-refractivity contribution in [3.05, 3.63) is 106 Å². The molecule has 6 heteroatoms. The Morgan fingerprint density at radius 3 is 2.27 bits per heavy atom. The van der Waals surface area contributed by atoms with Crippen molar-refractivity contribution in [1.29, 1.82) is 0 Å². The van der Waals surface area contributed by atoms with E-state index in [-0.39, 0.29) is 24.8 Å². The zero-order chi connectivity index (χ0) is 23.6. The van der Waals surface area contributed by atoms with Crippen LogP contribution in [0.5, 0.6) is 0 Å². The van der Waals surface area contributed by atoms with Gasteiger partial charge in [-0.3, -0.25) is 9.59 Å². The van der Waals surface area contributed by atoms with Crippen molar-refractivity contribution in [2.24, 2.45) is 0 Å². The lowest BCUT2D eigenvalue weighted by Crippen LogP contribution is -2.51. The van der Waals surface area contributed by atoms with E-state index in [1.165, 1.54) is 11.0 Å². The van der Waals surface area contributed by atoms with Gasteiger partial charge in [-0.1, -0.05) is 79.2 Å². The van der Waals surface area contributed by atoms with Crippen molar-refractivity contribution in [2.75, 3.05) is 6.54 Å². The molecule has 3 aromatic rings. The van der Waals surface area contributed by atoms with E-state index in [0.29, 0.717) is 23.6 Å². The molecule has 1 N–H and O–H groups in total. The molecule has 0 aliphatic heterocycles. The first-order chi connectivity index (χ1) is 16.0. The van der Waals surface area contributed by atoms with E-state index >= 15 is 0 Å². The lowest BCUT2D eigenvalue weighted by atomic mass is 10.0. The van der Waals surface area contributed by atoms with E-state index in [9.17, 15) is 14.0 Å². The molecule has 2 amide bonds. The molecule has 33 heavy (non-hydrogen) atoms. The van der Waals surface area contributed by atoms with Crippen molar-refractivity contribution in [3.63, 3.8) is 0 Å². The van der Waals surface area contributed by atoms with Gasteiger partial charge in [0.2, 0.25) is 11.8 Å². The second kappa shape index (κ2) is 12.2. The van der Waals surface area contributed by atoms with E-state index in [1.807, 2.05) is 37.3 Å². The van der Waals surface area contributed by atoms with Gasteiger partial charge in [-0.05, 0) is 35.7 Å². The molecule has 3 rings (SSSR count). The number of carbonyl (C=O) groups is 2. The molecule has 0 heterocycles. The average molecular weight is 467 g/mol. The molecule has 1 atom stereocenters. The number of hydrogen-bond acceptors (Lipinski definition) is 2. The van der Waals surface area contributed by atoms with Crippen LogP contribution >= 0.6 is 11.6 Å². The Morgan fingerprint density at radius 1 is 0.939 bits per heavy atom. The van der Waals surface area contributed by atoms with Crippen LogP contribution in [0.4, 0.5) is 4.39 Å². The molecule has 0 unspecified atom stereocenters. The molecule has 172 valence electrons. The topological polar surface area (TPSA) is 49.4 Å². The van der Waals surface area contributed by atoms with E-state index in [4.69, 9.17) is 11.6 Å². The summed E-state index contributed by atoms with van der Waals surface area (Å²) in [5, 5.41) is 3.49. The second-order valence-electron chi connectivity index (χ2n) is 7.91. The molecule has 3 aromatic carbocycles. The molecule has 0 bridgehead atoms. The molecule has 0 saturated carbocycles. The summed E-state index contributed by atoms with van der Waals surface area (Å²) in [5.74, 6) is -0.913. The van der Waals surface area contributed by atoms with Crippen LogP contribution in [0.3, 0.4) is 0 Å². The summed E-state index contributed by atoms with van der Waals surface area (Å²) in [6.07, 6.45) is 1.19. The minimum absolute atomic E-state index is 0.00383. The first kappa shape index (κ1) is 24.5. The van der Waals surface area contributed by atoms with Crippen LogP contribution in [-0.4, -0.2) is 29.3 Å². The lowest BCUT2D eigenvalue weighted by Gasteiger charge is -2.32. The summed E-state index contributed by atoms with van der Waals surface area (Å²) in [7, 11) is 0. The number of amides is 2. The van der Waals surface area contributed by atoms with Crippen molar-refractivity contribution in [2.45, 2.75) is 38.8 Å². The number of carbonyl (C=O) groups excluding carboxylic acids is 2. The monoisotopic (exact) mass is 466 g/mol.